The molecule has 0 aliphatic carbocycles. The molecular weight excluding hydrogens is 801 g/mol. The number of nitrogens with one attached hydrogen (secondary N) is 3. The smallest absolute Gasteiger partial charge is 0.459 e. The van der Waals surface area contributed by atoms with Gasteiger partial charge in [0.1, 0.15) is 56.9 Å². The third kappa shape index (κ3) is 17.3. The van der Waals surface area contributed by atoms with Crippen LogP contribution in [-0.2, 0) is 54.6 Å². The van der Waals surface area contributed by atoms with E-state index in [2.05, 4.69) is 35.7 Å². The molecule has 0 atom stereocenters. The lowest BCUT2D eigenvalue weighted by molar-refractivity contribution is -0.140. The third-order valence-corrected chi connectivity index (χ3v) is 8.45. The second-order valence-electron chi connectivity index (χ2n) is 11.3. The summed E-state index contributed by atoms with van der Waals surface area (Å²) < 4.78 is 47.7. The minimum Gasteiger partial charge on any atom is -0.459 e. The SMILES string of the molecule is C=CC(=O)OCCOC(=O)Nc1ccc(OP(=S)(Oc2ccc(NC(=O)OCCOC(=O)C(=C)C)cc2)Oc2ccc(NC(=O)OCCOC(=O)C(=C)C)cc2)cc1. The molecule has 0 radical (unpaired) electrons. The van der Waals surface area contributed by atoms with Gasteiger partial charge in [-0.3, -0.25) is 16.0 Å². The van der Waals surface area contributed by atoms with E-state index in [1.807, 2.05) is 0 Å². The Kier molecular flexibility index (Phi) is 18.3. The first kappa shape index (κ1) is 45.5. The van der Waals surface area contributed by atoms with Crippen molar-refractivity contribution in [3.63, 3.8) is 0 Å². The average Bonchev–Trinajstić information content (AvgIpc) is 3.18. The maximum absolute atomic E-state index is 12.2. The van der Waals surface area contributed by atoms with Crippen LogP contribution in [0, 0.1) is 0 Å². The van der Waals surface area contributed by atoms with Gasteiger partial charge in [-0.15, -0.1) is 0 Å². The van der Waals surface area contributed by atoms with Gasteiger partial charge in [0.2, 0.25) is 0 Å². The number of esters is 3. The van der Waals surface area contributed by atoms with Gasteiger partial charge in [0, 0.05) is 46.1 Å². The van der Waals surface area contributed by atoms with Gasteiger partial charge in [-0.05, 0) is 86.6 Å². The van der Waals surface area contributed by atoms with Gasteiger partial charge in [-0.2, -0.15) is 0 Å². The van der Waals surface area contributed by atoms with Gasteiger partial charge in [-0.25, -0.2) is 28.8 Å². The van der Waals surface area contributed by atoms with Crippen molar-refractivity contribution in [2.45, 2.75) is 13.8 Å². The number of ether oxygens (including phenoxy) is 6. The first-order valence-corrected chi connectivity index (χ1v) is 19.4. The summed E-state index contributed by atoms with van der Waals surface area (Å²) in [6, 6.07) is 18.0. The highest BCUT2D eigenvalue weighted by molar-refractivity contribution is 8.08. The van der Waals surface area contributed by atoms with Gasteiger partial charge in [0.15, 0.2) is 0 Å². The van der Waals surface area contributed by atoms with Crippen molar-refractivity contribution in [2.24, 2.45) is 0 Å². The molecule has 3 N–H and O–H groups in total. The summed E-state index contributed by atoms with van der Waals surface area (Å²) in [4.78, 5) is 70.6. The fourth-order valence-electron chi connectivity index (χ4n) is 3.82. The number of hydrogen-bond acceptors (Lipinski definition) is 16. The lowest BCUT2D eigenvalue weighted by atomic mass is 10.3. The Morgan fingerprint density at radius 1 is 0.517 bits per heavy atom. The van der Waals surface area contributed by atoms with E-state index >= 15 is 0 Å². The quantitative estimate of drug-likeness (QED) is 0.0321. The Hall–Kier alpha value is -6.85. The molecule has 3 aromatic rings. The number of anilines is 3. The molecule has 18 nitrogen and oxygen atoms in total. The lowest BCUT2D eigenvalue weighted by Gasteiger charge is -2.23. The molecular formula is C38H40N3O15PS. The predicted molar refractivity (Wildman–Crippen MR) is 213 cm³/mol. The zero-order valence-corrected chi connectivity index (χ0v) is 33.1. The lowest BCUT2D eigenvalue weighted by Crippen LogP contribution is -2.18. The molecule has 0 fully saturated rings. The summed E-state index contributed by atoms with van der Waals surface area (Å²) in [5.74, 6) is -1.27. The number of carbonyl (C=O) groups excluding carboxylic acids is 6. The van der Waals surface area contributed by atoms with Crippen molar-refractivity contribution >= 4 is 71.8 Å². The van der Waals surface area contributed by atoms with Gasteiger partial charge in [0.25, 0.3) is 0 Å². The zero-order chi connectivity index (χ0) is 42.5. The Morgan fingerprint density at radius 2 is 0.793 bits per heavy atom. The standard InChI is InChI=1S/C38H40N3O15PS/c1-6-33(42)48-19-22-51-36(45)39-27-7-13-30(14-8-27)54-57(58,55-31-15-9-28(10-16-31)40-37(46)52-23-20-49-34(43)25(2)3)56-32-17-11-29(12-18-32)41-38(47)53-24-21-50-35(44)26(4)5/h6-18H,1-2,4,19-24H2,3,5H3,(H,39,45)(H,40,46)(H,41,47). The van der Waals surface area contributed by atoms with Crippen LogP contribution in [0.15, 0.2) is 110 Å². The van der Waals surface area contributed by atoms with Crippen LogP contribution in [-0.4, -0.2) is 75.8 Å². The van der Waals surface area contributed by atoms with Crippen molar-refractivity contribution in [3.05, 3.63) is 110 Å². The maximum Gasteiger partial charge on any atom is 0.490 e. The van der Waals surface area contributed by atoms with E-state index < -0.39 is 42.9 Å². The second kappa shape index (κ2) is 23.3. The largest absolute Gasteiger partial charge is 0.490 e. The molecule has 3 amide bonds. The molecule has 0 aliphatic heterocycles. The predicted octanol–water partition coefficient (Wildman–Crippen LogP) is 7.06. The van der Waals surface area contributed by atoms with Crippen LogP contribution >= 0.6 is 6.72 Å². The molecule has 3 rings (SSSR count). The number of carbonyl (C=O) groups is 6. The highest BCUT2D eigenvalue weighted by Crippen LogP contribution is 2.50. The molecule has 20 heteroatoms. The molecule has 3 aromatic carbocycles. The normalized spacial score (nSPS) is 10.3. The topological polar surface area (TPSA) is 222 Å². The Labute approximate surface area is 338 Å². The Morgan fingerprint density at radius 3 is 1.07 bits per heavy atom. The van der Waals surface area contributed by atoms with Crippen molar-refractivity contribution < 1.29 is 70.8 Å². The van der Waals surface area contributed by atoms with Crippen LogP contribution in [0.3, 0.4) is 0 Å². The van der Waals surface area contributed by atoms with Crippen LogP contribution in [0.25, 0.3) is 0 Å². The molecule has 0 saturated carbocycles. The number of amides is 3. The van der Waals surface area contributed by atoms with E-state index in [9.17, 15) is 28.8 Å². The Balaban J connectivity index is 1.67. The van der Waals surface area contributed by atoms with Gasteiger partial charge < -0.3 is 42.0 Å². The molecule has 0 saturated heterocycles. The summed E-state index contributed by atoms with van der Waals surface area (Å²) >= 11 is 5.78. The molecule has 0 bridgehead atoms. The number of benzene rings is 3. The minimum atomic E-state index is -3.76. The number of rotatable bonds is 21. The van der Waals surface area contributed by atoms with E-state index in [0.29, 0.717) is 17.1 Å². The summed E-state index contributed by atoms with van der Waals surface area (Å²) in [6.07, 6.45) is -1.41. The fourth-order valence-corrected chi connectivity index (χ4v) is 5.85. The highest BCUT2D eigenvalue weighted by Gasteiger charge is 2.27. The van der Waals surface area contributed by atoms with Crippen molar-refractivity contribution in [3.8, 4) is 17.2 Å². The summed E-state index contributed by atoms with van der Waals surface area (Å²) in [5, 5.41) is 7.57. The molecule has 0 heterocycles. The summed E-state index contributed by atoms with van der Waals surface area (Å²) in [5.41, 5.74) is 1.43. The van der Waals surface area contributed by atoms with Gasteiger partial charge in [0.05, 0.1) is 0 Å². The second-order valence-corrected chi connectivity index (χ2v) is 14.1. The first-order valence-electron chi connectivity index (χ1n) is 16.9. The van der Waals surface area contributed by atoms with Crippen molar-refractivity contribution in [2.75, 3.05) is 55.6 Å². The molecule has 0 unspecified atom stereocenters. The van der Waals surface area contributed by atoms with E-state index in [4.69, 9.17) is 53.8 Å². The molecule has 58 heavy (non-hydrogen) atoms. The monoisotopic (exact) mass is 841 g/mol. The van der Waals surface area contributed by atoms with Gasteiger partial charge in [-0.1, -0.05) is 19.7 Å². The Bertz CT molecular complexity index is 1910. The van der Waals surface area contributed by atoms with Gasteiger partial charge >= 0.3 is 42.9 Å². The molecule has 0 spiro atoms. The highest BCUT2D eigenvalue weighted by atomic mass is 32.5. The first-order chi connectivity index (χ1) is 27.6. The summed E-state index contributed by atoms with van der Waals surface area (Å²) in [6.45, 7) is 8.43. The summed E-state index contributed by atoms with van der Waals surface area (Å²) in [7, 11) is 0. The number of hydrogen-bond donors (Lipinski definition) is 3. The zero-order valence-electron chi connectivity index (χ0n) is 31.3. The van der Waals surface area contributed by atoms with Crippen LogP contribution < -0.4 is 29.5 Å². The van der Waals surface area contributed by atoms with E-state index in [0.717, 1.165) is 6.08 Å². The van der Waals surface area contributed by atoms with Crippen LogP contribution in [0.1, 0.15) is 13.8 Å². The van der Waals surface area contributed by atoms with Crippen LogP contribution in [0.5, 0.6) is 17.2 Å². The average molecular weight is 842 g/mol. The van der Waals surface area contributed by atoms with Crippen LogP contribution in [0.4, 0.5) is 31.4 Å². The van der Waals surface area contributed by atoms with E-state index in [1.165, 1.54) is 86.6 Å². The maximum atomic E-state index is 12.2. The fraction of sp³-hybridized carbons (Fsp3) is 0.211. The molecule has 308 valence electrons. The van der Waals surface area contributed by atoms with Crippen molar-refractivity contribution in [1.82, 2.24) is 0 Å². The third-order valence-electron chi connectivity index (χ3n) is 6.48. The molecule has 0 aromatic heterocycles. The molecule has 0 aliphatic rings. The minimum absolute atomic E-state index is 0.152. The van der Waals surface area contributed by atoms with Crippen LogP contribution in [0.2, 0.25) is 0 Å². The van der Waals surface area contributed by atoms with E-state index in [-0.39, 0.29) is 68.0 Å². The van der Waals surface area contributed by atoms with Crippen molar-refractivity contribution in [1.29, 1.82) is 0 Å². The van der Waals surface area contributed by atoms with E-state index in [1.54, 1.807) is 0 Å².